The Morgan fingerprint density at radius 2 is 1.67 bits per heavy atom. The number of anilines is 1. The summed E-state index contributed by atoms with van der Waals surface area (Å²) in [7, 11) is 0. The number of nitrogens with two attached hydrogens (primary N) is 1. The minimum absolute atomic E-state index is 0.0600. The first-order chi connectivity index (χ1) is 18.7. The third-order valence-corrected chi connectivity index (χ3v) is 8.32. The molecular weight excluding hydrogens is 494 g/mol. The predicted molar refractivity (Wildman–Crippen MR) is 149 cm³/mol. The molecule has 2 aliphatic rings. The lowest BCUT2D eigenvalue weighted by molar-refractivity contribution is -0.130. The lowest BCUT2D eigenvalue weighted by atomic mass is 9.80. The maximum atomic E-state index is 12.4. The highest BCUT2D eigenvalue weighted by atomic mass is 16.5. The molecule has 1 unspecified atom stereocenters. The average molecular weight is 532 g/mol. The molecule has 0 aromatic heterocycles. The van der Waals surface area contributed by atoms with E-state index in [0.29, 0.717) is 29.0 Å². The van der Waals surface area contributed by atoms with Crippen LogP contribution in [0.3, 0.4) is 0 Å². The maximum Gasteiger partial charge on any atom is 0.267 e. The van der Waals surface area contributed by atoms with Gasteiger partial charge >= 0.3 is 0 Å². The van der Waals surface area contributed by atoms with Gasteiger partial charge in [-0.15, -0.1) is 0 Å². The number of hydrogen-bond acceptors (Lipinski definition) is 6. The van der Waals surface area contributed by atoms with E-state index in [1.807, 2.05) is 24.3 Å². The van der Waals surface area contributed by atoms with Gasteiger partial charge in [0.1, 0.15) is 6.04 Å². The van der Waals surface area contributed by atoms with Crippen molar-refractivity contribution < 1.29 is 19.6 Å². The molecule has 2 aromatic carbocycles. The van der Waals surface area contributed by atoms with Crippen molar-refractivity contribution in [3.8, 4) is 11.8 Å². The molecule has 39 heavy (non-hydrogen) atoms. The van der Waals surface area contributed by atoms with Crippen molar-refractivity contribution in [2.24, 2.45) is 28.9 Å². The van der Waals surface area contributed by atoms with Gasteiger partial charge in [-0.25, -0.2) is 5.48 Å². The van der Waals surface area contributed by atoms with Crippen molar-refractivity contribution in [2.45, 2.75) is 39.2 Å². The summed E-state index contributed by atoms with van der Waals surface area (Å²) < 4.78 is 0. The Hall–Kier alpha value is -3.71. The fourth-order valence-corrected chi connectivity index (χ4v) is 6.06. The van der Waals surface area contributed by atoms with Crippen molar-refractivity contribution >= 4 is 23.4 Å². The van der Waals surface area contributed by atoms with E-state index in [0.717, 1.165) is 29.6 Å². The van der Waals surface area contributed by atoms with E-state index in [2.05, 4.69) is 41.6 Å². The van der Waals surface area contributed by atoms with Crippen molar-refractivity contribution in [2.75, 3.05) is 25.0 Å². The molecule has 0 heterocycles. The monoisotopic (exact) mass is 531 g/mol. The molecule has 2 aromatic rings. The molecule has 0 radical (unpaired) electrons. The second-order valence-electron chi connectivity index (χ2n) is 11.0. The number of rotatable bonds is 9. The lowest BCUT2D eigenvalue weighted by Crippen LogP contribution is -2.50. The van der Waals surface area contributed by atoms with Crippen LogP contribution in [0.2, 0.25) is 0 Å². The first-order valence-electron chi connectivity index (χ1n) is 13.4. The van der Waals surface area contributed by atoms with Gasteiger partial charge in [0.05, 0.1) is 6.54 Å². The molecule has 2 bridgehead atoms. The van der Waals surface area contributed by atoms with Gasteiger partial charge in [-0.2, -0.15) is 0 Å². The van der Waals surface area contributed by atoms with Crippen molar-refractivity contribution in [1.29, 1.82) is 0 Å². The van der Waals surface area contributed by atoms with Crippen LogP contribution in [-0.2, 0) is 9.59 Å². The van der Waals surface area contributed by atoms with Gasteiger partial charge in [-0.05, 0) is 97.5 Å². The Labute approximate surface area is 229 Å². The highest BCUT2D eigenvalue weighted by Gasteiger charge is 2.52. The quantitative estimate of drug-likeness (QED) is 0.166. The molecule has 2 aliphatic carbocycles. The van der Waals surface area contributed by atoms with Crippen molar-refractivity contribution in [3.05, 3.63) is 65.2 Å². The molecule has 206 valence electrons. The molecule has 0 saturated heterocycles. The number of carbonyl (C=O) groups is 3. The van der Waals surface area contributed by atoms with E-state index < -0.39 is 17.9 Å². The topological polar surface area (TPSA) is 146 Å². The van der Waals surface area contributed by atoms with Gasteiger partial charge in [0.2, 0.25) is 5.91 Å². The fraction of sp³-hybridized carbons (Fsp3) is 0.433. The van der Waals surface area contributed by atoms with E-state index in [1.54, 1.807) is 24.3 Å². The molecule has 0 spiro atoms. The number of hydroxylamine groups is 1. The summed E-state index contributed by atoms with van der Waals surface area (Å²) in [5, 5.41) is 17.5. The minimum Gasteiger partial charge on any atom is -0.339 e. The van der Waals surface area contributed by atoms with Gasteiger partial charge in [-0.3, -0.25) is 19.6 Å². The molecule has 4 rings (SSSR count). The smallest absolute Gasteiger partial charge is 0.267 e. The molecular formula is C30H37N5O4. The van der Waals surface area contributed by atoms with Gasteiger partial charge in [0.25, 0.3) is 11.8 Å². The van der Waals surface area contributed by atoms with Crippen LogP contribution in [0.15, 0.2) is 48.5 Å². The Morgan fingerprint density at radius 1 is 1.03 bits per heavy atom. The van der Waals surface area contributed by atoms with E-state index in [9.17, 15) is 14.4 Å². The van der Waals surface area contributed by atoms with E-state index in [-0.39, 0.29) is 12.5 Å². The number of hydrogen-bond donors (Lipinski definition) is 6. The number of nitrogens with one attached hydrogen (secondary N) is 4. The van der Waals surface area contributed by atoms with E-state index in [4.69, 9.17) is 10.9 Å². The third-order valence-electron chi connectivity index (χ3n) is 8.32. The van der Waals surface area contributed by atoms with Crippen molar-refractivity contribution in [3.63, 3.8) is 0 Å². The summed E-state index contributed by atoms with van der Waals surface area (Å²) >= 11 is 0. The molecule has 0 aliphatic heterocycles. The molecule has 3 amide bonds. The van der Waals surface area contributed by atoms with Crippen molar-refractivity contribution in [1.82, 2.24) is 16.1 Å². The van der Waals surface area contributed by atoms with Gasteiger partial charge in [0, 0.05) is 28.9 Å². The highest BCUT2D eigenvalue weighted by molar-refractivity contribution is 5.97. The zero-order valence-corrected chi connectivity index (χ0v) is 22.4. The van der Waals surface area contributed by atoms with Crippen LogP contribution in [0, 0.1) is 35.0 Å². The van der Waals surface area contributed by atoms with Crippen LogP contribution in [0.5, 0.6) is 0 Å². The number of amides is 3. The van der Waals surface area contributed by atoms with Gasteiger partial charge in [0.15, 0.2) is 0 Å². The Balaban J connectivity index is 1.23. The predicted octanol–water partition coefficient (Wildman–Crippen LogP) is 2.25. The number of benzene rings is 2. The first-order valence-corrected chi connectivity index (χ1v) is 13.4. The zero-order valence-electron chi connectivity index (χ0n) is 22.4. The molecule has 4 atom stereocenters. The van der Waals surface area contributed by atoms with Crippen LogP contribution in [0.1, 0.15) is 54.6 Å². The molecule has 7 N–H and O–H groups in total. The van der Waals surface area contributed by atoms with Crippen LogP contribution in [0.25, 0.3) is 0 Å². The largest absolute Gasteiger partial charge is 0.339 e. The maximum absolute atomic E-state index is 12.4. The fourth-order valence-electron chi connectivity index (χ4n) is 6.06. The van der Waals surface area contributed by atoms with Crippen LogP contribution < -0.4 is 27.2 Å². The van der Waals surface area contributed by atoms with E-state index >= 15 is 0 Å². The Morgan fingerprint density at radius 3 is 2.21 bits per heavy atom. The minimum atomic E-state index is -1.04. The molecule has 2 saturated carbocycles. The SMILES string of the molecule is CC1(C)C2CC[C@H]1[C@H](CNCC(=O)Nc1ccc(C#Cc3ccc(C(=O)N[C@@H](CN)C(=O)NO)cc3)cc1)C2. The first kappa shape index (κ1) is 28.3. The van der Waals surface area contributed by atoms with Gasteiger partial charge in [-0.1, -0.05) is 25.7 Å². The second kappa shape index (κ2) is 12.4. The summed E-state index contributed by atoms with van der Waals surface area (Å²) in [5.41, 5.74) is 9.91. The van der Waals surface area contributed by atoms with Crippen LogP contribution in [-0.4, -0.2) is 48.6 Å². The summed E-state index contributed by atoms with van der Waals surface area (Å²) in [5.74, 6) is 7.03. The standard InChI is InChI=1S/C30H37N5O4/c1-30(2)23-11-14-25(30)22(15-23)17-32-18-27(36)33-24-12-7-20(8-13-24)4-3-19-5-9-21(10-6-19)28(37)34-26(16-31)29(38)35-39/h5-10,12-13,22-23,25-26,32,39H,11,14-18,31H2,1-2H3,(H,33,36)(H,34,37)(H,35,38)/t22-,23?,25-,26-/m0/s1. The Bertz CT molecular complexity index is 1250. The normalized spacial score (nSPS) is 21.4. The number of carbonyl (C=O) groups excluding carboxylic acids is 3. The van der Waals surface area contributed by atoms with Crippen LogP contribution >= 0.6 is 0 Å². The van der Waals surface area contributed by atoms with E-state index in [1.165, 1.54) is 24.7 Å². The third kappa shape index (κ3) is 6.84. The number of fused-ring (bicyclic) bond motifs is 2. The Kier molecular flexibility index (Phi) is 9.02. The molecule has 2 fully saturated rings. The summed E-state index contributed by atoms with van der Waals surface area (Å²) in [6.45, 7) is 5.84. The average Bonchev–Trinajstić information content (AvgIpc) is 3.36. The van der Waals surface area contributed by atoms with Crippen LogP contribution in [0.4, 0.5) is 5.69 Å². The summed E-state index contributed by atoms with van der Waals surface area (Å²) in [6.07, 6.45) is 3.94. The van der Waals surface area contributed by atoms with Gasteiger partial charge < -0.3 is 21.7 Å². The second-order valence-corrected chi connectivity index (χ2v) is 11.0. The molecule has 9 heteroatoms. The lowest BCUT2D eigenvalue weighted by Gasteiger charge is -2.26. The summed E-state index contributed by atoms with van der Waals surface area (Å²) in [4.78, 5) is 36.2. The summed E-state index contributed by atoms with van der Waals surface area (Å²) in [6, 6.07) is 12.9. The molecule has 9 nitrogen and oxygen atoms in total. The zero-order chi connectivity index (χ0) is 28.0. The highest BCUT2D eigenvalue weighted by Crippen LogP contribution is 2.59.